The van der Waals surface area contributed by atoms with E-state index < -0.39 is 0 Å². The molecule has 0 bridgehead atoms. The Bertz CT molecular complexity index is 639. The number of aromatic nitrogens is 1. The van der Waals surface area contributed by atoms with Crippen molar-refractivity contribution in [1.82, 2.24) is 0 Å². The number of benzene rings is 1. The highest BCUT2D eigenvalue weighted by atomic mass is 79.9. The van der Waals surface area contributed by atoms with Gasteiger partial charge in [0, 0.05) is 23.3 Å². The van der Waals surface area contributed by atoms with E-state index in [1.807, 2.05) is 0 Å². The Hall–Kier alpha value is -2.05. The average molecular weight is 365 g/mol. The molecule has 1 aromatic heterocycles. The number of hydrogen-bond acceptors (Lipinski definition) is 4. The monoisotopic (exact) mass is 364 g/mol. The lowest BCUT2D eigenvalue weighted by Gasteiger charge is -2.02. The van der Waals surface area contributed by atoms with E-state index in [9.17, 15) is 9.59 Å². The van der Waals surface area contributed by atoms with Crippen LogP contribution in [0, 0.1) is 0 Å². The van der Waals surface area contributed by atoms with Gasteiger partial charge in [0.2, 0.25) is 12.3 Å². The normalized spacial score (nSPS) is 9.73. The van der Waals surface area contributed by atoms with Gasteiger partial charge < -0.3 is 27.5 Å². The Morgan fingerprint density at radius 2 is 1.55 bits per heavy atom. The van der Waals surface area contributed by atoms with Crippen LogP contribution in [-0.4, -0.2) is 25.2 Å². The SMILES string of the molecule is COc1ccc(C(=O)C[n+]2ccc(C(=O)CN)cc2)cc1.[Br-]. The summed E-state index contributed by atoms with van der Waals surface area (Å²) in [6, 6.07) is 10.3. The molecule has 2 rings (SSSR count). The highest BCUT2D eigenvalue weighted by Gasteiger charge is 2.13. The molecule has 1 aromatic carbocycles. The van der Waals surface area contributed by atoms with E-state index in [2.05, 4.69) is 0 Å². The summed E-state index contributed by atoms with van der Waals surface area (Å²) in [5.41, 5.74) is 6.46. The highest BCUT2D eigenvalue weighted by Crippen LogP contribution is 2.11. The zero-order valence-corrected chi connectivity index (χ0v) is 13.7. The number of carbonyl (C=O) groups excluding carboxylic acids is 2. The average Bonchev–Trinajstić information content (AvgIpc) is 2.55. The summed E-state index contributed by atoms with van der Waals surface area (Å²) in [6.45, 7) is 0.193. The van der Waals surface area contributed by atoms with Crippen LogP contribution >= 0.6 is 0 Å². The van der Waals surface area contributed by atoms with Crippen LogP contribution in [0.4, 0.5) is 0 Å². The molecule has 116 valence electrons. The van der Waals surface area contributed by atoms with Gasteiger partial charge in [0.05, 0.1) is 13.7 Å². The van der Waals surface area contributed by atoms with Crippen LogP contribution in [-0.2, 0) is 6.54 Å². The Kier molecular flexibility index (Phi) is 6.88. The highest BCUT2D eigenvalue weighted by molar-refractivity contribution is 5.97. The van der Waals surface area contributed by atoms with Crippen LogP contribution in [0.2, 0.25) is 0 Å². The minimum Gasteiger partial charge on any atom is -1.00 e. The molecule has 0 saturated carbocycles. The number of methoxy groups -OCH3 is 1. The standard InChI is InChI=1S/C16H17N2O3.BrH/c1-21-14-4-2-12(3-5-14)16(20)11-18-8-6-13(7-9-18)15(19)10-17;/h2-9H,10-11,17H2,1H3;1H/q+1;/p-1. The predicted octanol–water partition coefficient (Wildman–Crippen LogP) is -1.99. The number of hydrogen-bond donors (Lipinski definition) is 1. The van der Waals surface area contributed by atoms with Gasteiger partial charge in [0.15, 0.2) is 18.2 Å². The smallest absolute Gasteiger partial charge is 0.227 e. The number of nitrogens with two attached hydrogens (primary N) is 1. The van der Waals surface area contributed by atoms with Gasteiger partial charge in [-0.25, -0.2) is 0 Å². The van der Waals surface area contributed by atoms with Crippen LogP contribution in [0.15, 0.2) is 48.8 Å². The second-order valence-corrected chi connectivity index (χ2v) is 4.54. The lowest BCUT2D eigenvalue weighted by atomic mass is 10.1. The molecular weight excluding hydrogens is 348 g/mol. The van der Waals surface area contributed by atoms with Crippen LogP contribution in [0.1, 0.15) is 20.7 Å². The predicted molar refractivity (Wildman–Crippen MR) is 77.3 cm³/mol. The van der Waals surface area contributed by atoms with E-state index >= 15 is 0 Å². The molecule has 0 aliphatic carbocycles. The summed E-state index contributed by atoms with van der Waals surface area (Å²) in [6.07, 6.45) is 3.40. The fourth-order valence-electron chi connectivity index (χ4n) is 1.90. The first-order valence-corrected chi connectivity index (χ1v) is 6.53. The van der Waals surface area contributed by atoms with Crippen molar-refractivity contribution in [3.63, 3.8) is 0 Å². The van der Waals surface area contributed by atoms with Crippen molar-refractivity contribution in [1.29, 1.82) is 0 Å². The van der Waals surface area contributed by atoms with Crippen LogP contribution in [0.25, 0.3) is 0 Å². The number of pyridine rings is 1. The van der Waals surface area contributed by atoms with Crippen LogP contribution in [0.3, 0.4) is 0 Å². The third-order valence-electron chi connectivity index (χ3n) is 3.14. The molecule has 2 aromatic rings. The Balaban J connectivity index is 0.00000242. The summed E-state index contributed by atoms with van der Waals surface area (Å²) in [4.78, 5) is 23.6. The third kappa shape index (κ3) is 4.47. The van der Waals surface area contributed by atoms with Crippen molar-refractivity contribution in [2.75, 3.05) is 13.7 Å². The molecule has 2 N–H and O–H groups in total. The van der Waals surface area contributed by atoms with Crippen molar-refractivity contribution in [2.24, 2.45) is 5.73 Å². The van der Waals surface area contributed by atoms with Crippen molar-refractivity contribution < 1.29 is 35.9 Å². The van der Waals surface area contributed by atoms with Gasteiger partial charge in [-0.05, 0) is 24.3 Å². The molecule has 0 saturated heterocycles. The lowest BCUT2D eigenvalue weighted by molar-refractivity contribution is -0.683. The first-order chi connectivity index (χ1) is 10.1. The van der Waals surface area contributed by atoms with Crippen molar-refractivity contribution in [3.8, 4) is 5.75 Å². The van der Waals surface area contributed by atoms with Gasteiger partial charge in [-0.1, -0.05) is 0 Å². The molecule has 22 heavy (non-hydrogen) atoms. The second-order valence-electron chi connectivity index (χ2n) is 4.54. The molecule has 5 nitrogen and oxygen atoms in total. The minimum atomic E-state index is -0.122. The third-order valence-corrected chi connectivity index (χ3v) is 3.14. The molecule has 0 fully saturated rings. The largest absolute Gasteiger partial charge is 1.00 e. The van der Waals surface area contributed by atoms with Gasteiger partial charge >= 0.3 is 0 Å². The zero-order chi connectivity index (χ0) is 15.2. The van der Waals surface area contributed by atoms with E-state index in [0.29, 0.717) is 16.9 Å². The molecule has 0 atom stereocenters. The molecule has 0 amide bonds. The Morgan fingerprint density at radius 1 is 1.00 bits per heavy atom. The summed E-state index contributed by atoms with van der Waals surface area (Å²) >= 11 is 0. The van der Waals surface area contributed by atoms with E-state index in [1.165, 1.54) is 0 Å². The van der Waals surface area contributed by atoms with Crippen molar-refractivity contribution >= 4 is 11.6 Å². The van der Waals surface area contributed by atoms with E-state index in [1.54, 1.807) is 60.5 Å². The van der Waals surface area contributed by atoms with Gasteiger partial charge in [-0.3, -0.25) is 9.59 Å². The number of Topliss-reactive ketones (excluding diaryl/α,β-unsaturated/α-hetero) is 2. The maximum Gasteiger partial charge on any atom is 0.227 e. The van der Waals surface area contributed by atoms with Gasteiger partial charge in [0.1, 0.15) is 5.75 Å². The van der Waals surface area contributed by atoms with Gasteiger partial charge in [-0.15, -0.1) is 0 Å². The Labute approximate surface area is 139 Å². The summed E-state index contributed by atoms with van der Waals surface area (Å²) in [7, 11) is 1.58. The minimum absolute atomic E-state index is 0. The van der Waals surface area contributed by atoms with Gasteiger partial charge in [-0.2, -0.15) is 4.57 Å². The number of ether oxygens (including phenoxy) is 1. The van der Waals surface area contributed by atoms with Crippen molar-refractivity contribution in [3.05, 3.63) is 59.9 Å². The maximum absolute atomic E-state index is 12.1. The molecule has 0 radical (unpaired) electrons. The van der Waals surface area contributed by atoms with E-state index in [0.717, 1.165) is 0 Å². The number of halogens is 1. The summed E-state index contributed by atoms with van der Waals surface area (Å²) < 4.78 is 6.78. The number of nitrogens with zero attached hydrogens (tertiary/aromatic N) is 1. The molecule has 1 heterocycles. The number of rotatable bonds is 6. The van der Waals surface area contributed by atoms with Crippen LogP contribution in [0.5, 0.6) is 5.75 Å². The van der Waals surface area contributed by atoms with Gasteiger partial charge in [0.25, 0.3) is 0 Å². The summed E-state index contributed by atoms with van der Waals surface area (Å²) in [5, 5.41) is 0. The van der Waals surface area contributed by atoms with E-state index in [-0.39, 0.29) is 41.6 Å². The van der Waals surface area contributed by atoms with E-state index in [4.69, 9.17) is 10.5 Å². The topological polar surface area (TPSA) is 73.3 Å². The fraction of sp³-hybridized carbons (Fsp3) is 0.188. The first-order valence-electron chi connectivity index (χ1n) is 6.53. The lowest BCUT2D eigenvalue weighted by Crippen LogP contribution is -3.00. The number of ketones is 2. The molecule has 0 unspecified atom stereocenters. The summed E-state index contributed by atoms with van der Waals surface area (Å²) in [5.74, 6) is 0.577. The van der Waals surface area contributed by atoms with Crippen LogP contribution < -0.4 is 32.0 Å². The zero-order valence-electron chi connectivity index (χ0n) is 12.2. The molecule has 0 aliphatic heterocycles. The molecular formula is C16H17BrN2O3. The fourth-order valence-corrected chi connectivity index (χ4v) is 1.90. The Morgan fingerprint density at radius 3 is 2.05 bits per heavy atom. The van der Waals surface area contributed by atoms with Crippen molar-refractivity contribution in [2.45, 2.75) is 6.54 Å². The molecule has 0 spiro atoms. The molecule has 6 heteroatoms. The first kappa shape index (κ1) is 18.0. The molecule has 0 aliphatic rings. The maximum atomic E-state index is 12.1. The quantitative estimate of drug-likeness (QED) is 0.475. The second kappa shape index (κ2) is 8.41. The number of carbonyl (C=O) groups is 2.